The molecule has 0 spiro atoms. The number of hydrogen-bond donors (Lipinski definition) is 1. The molecule has 0 aliphatic rings. The molecule has 2 N–H and O–H groups in total. The molecule has 1 atom stereocenters. The van der Waals surface area contributed by atoms with Crippen LogP contribution in [-0.2, 0) is 16.6 Å². The first-order chi connectivity index (χ1) is 9.41. The zero-order valence-corrected chi connectivity index (χ0v) is 13.0. The lowest BCUT2D eigenvalue weighted by Gasteiger charge is -2.17. The Labute approximate surface area is 123 Å². The van der Waals surface area contributed by atoms with E-state index in [1.807, 2.05) is 18.4 Å². The molecule has 1 heterocycles. The molecule has 2 aromatic rings. The molecule has 0 fully saturated rings. The number of sulfonamides is 1. The van der Waals surface area contributed by atoms with Crippen LogP contribution in [0, 0.1) is 0 Å². The van der Waals surface area contributed by atoms with E-state index in [0.717, 1.165) is 11.3 Å². The number of thiazole rings is 1. The van der Waals surface area contributed by atoms with Gasteiger partial charge in [-0.15, -0.1) is 11.3 Å². The highest BCUT2D eigenvalue weighted by molar-refractivity contribution is 7.89. The Kier molecular flexibility index (Phi) is 4.54. The maximum absolute atomic E-state index is 12.5. The van der Waals surface area contributed by atoms with Gasteiger partial charge in [-0.1, -0.05) is 12.1 Å². The number of nitrogens with two attached hydrogens (primary N) is 1. The van der Waals surface area contributed by atoms with E-state index in [4.69, 9.17) is 5.73 Å². The van der Waals surface area contributed by atoms with Crippen molar-refractivity contribution in [1.82, 2.24) is 9.29 Å². The van der Waals surface area contributed by atoms with Crippen LogP contribution in [0.5, 0.6) is 0 Å². The molecule has 5 nitrogen and oxygen atoms in total. The number of rotatable bonds is 5. The first-order valence-corrected chi connectivity index (χ1v) is 8.48. The van der Waals surface area contributed by atoms with Gasteiger partial charge >= 0.3 is 0 Å². The van der Waals surface area contributed by atoms with E-state index < -0.39 is 10.0 Å². The molecule has 0 saturated carbocycles. The summed E-state index contributed by atoms with van der Waals surface area (Å²) >= 11 is 1.45. The average Bonchev–Trinajstić information content (AvgIpc) is 2.91. The van der Waals surface area contributed by atoms with E-state index in [-0.39, 0.29) is 17.5 Å². The van der Waals surface area contributed by atoms with Gasteiger partial charge in [-0.25, -0.2) is 13.4 Å². The smallest absolute Gasteiger partial charge is 0.243 e. The highest BCUT2D eigenvalue weighted by Crippen LogP contribution is 2.20. The predicted molar refractivity (Wildman–Crippen MR) is 79.8 cm³/mol. The van der Waals surface area contributed by atoms with Crippen molar-refractivity contribution in [3.8, 4) is 0 Å². The molecule has 0 bridgehead atoms. The van der Waals surface area contributed by atoms with Crippen LogP contribution in [0.4, 0.5) is 0 Å². The first kappa shape index (κ1) is 15.1. The zero-order chi connectivity index (χ0) is 14.8. The third-order valence-electron chi connectivity index (χ3n) is 2.96. The predicted octanol–water partition coefficient (Wildman–Crippen LogP) is 1.98. The van der Waals surface area contributed by atoms with Crippen LogP contribution >= 0.6 is 11.3 Å². The Bertz CT molecular complexity index is 667. The fourth-order valence-electron chi connectivity index (χ4n) is 1.77. The van der Waals surface area contributed by atoms with Crippen molar-refractivity contribution in [2.24, 2.45) is 5.73 Å². The van der Waals surface area contributed by atoms with Gasteiger partial charge in [0.25, 0.3) is 0 Å². The van der Waals surface area contributed by atoms with Crippen molar-refractivity contribution in [2.45, 2.75) is 24.4 Å². The Morgan fingerprint density at radius 2 is 2.20 bits per heavy atom. The standard InChI is InChI=1S/C13H17N3O2S2/c1-10(14)11-4-3-5-13(6-11)20(17,18)16(2)7-12-8-19-9-15-12/h3-6,8-10H,7,14H2,1-2H3. The van der Waals surface area contributed by atoms with E-state index >= 15 is 0 Å². The van der Waals surface area contributed by atoms with Gasteiger partial charge in [0, 0.05) is 18.5 Å². The lowest BCUT2D eigenvalue weighted by Crippen LogP contribution is -2.26. The van der Waals surface area contributed by atoms with Gasteiger partial charge in [-0.05, 0) is 24.6 Å². The summed E-state index contributed by atoms with van der Waals surface area (Å²) in [7, 11) is -1.98. The van der Waals surface area contributed by atoms with E-state index in [9.17, 15) is 8.42 Å². The van der Waals surface area contributed by atoms with Gasteiger partial charge in [0.05, 0.1) is 22.6 Å². The van der Waals surface area contributed by atoms with Crippen molar-refractivity contribution in [3.63, 3.8) is 0 Å². The maximum atomic E-state index is 12.5. The second-order valence-corrected chi connectivity index (χ2v) is 7.37. The molecule has 0 aliphatic carbocycles. The van der Waals surface area contributed by atoms with Crippen molar-refractivity contribution in [1.29, 1.82) is 0 Å². The van der Waals surface area contributed by atoms with Crippen LogP contribution in [0.2, 0.25) is 0 Å². The highest BCUT2D eigenvalue weighted by Gasteiger charge is 2.22. The zero-order valence-electron chi connectivity index (χ0n) is 11.4. The Balaban J connectivity index is 2.27. The minimum absolute atomic E-state index is 0.200. The van der Waals surface area contributed by atoms with E-state index in [1.54, 1.807) is 30.8 Å². The summed E-state index contributed by atoms with van der Waals surface area (Å²) in [5.74, 6) is 0. The normalized spacial score (nSPS) is 13.6. The third-order valence-corrected chi connectivity index (χ3v) is 5.39. The monoisotopic (exact) mass is 311 g/mol. The molecule has 0 radical (unpaired) electrons. The van der Waals surface area contributed by atoms with E-state index in [2.05, 4.69) is 4.98 Å². The topological polar surface area (TPSA) is 76.3 Å². The van der Waals surface area contributed by atoms with Gasteiger partial charge in [-0.3, -0.25) is 0 Å². The maximum Gasteiger partial charge on any atom is 0.243 e. The lowest BCUT2D eigenvalue weighted by molar-refractivity contribution is 0.463. The fourth-order valence-corrected chi connectivity index (χ4v) is 3.51. The minimum atomic E-state index is -3.53. The molecule has 0 aliphatic heterocycles. The molecule has 0 saturated heterocycles. The summed E-state index contributed by atoms with van der Waals surface area (Å²) < 4.78 is 26.3. The van der Waals surface area contributed by atoms with Crippen molar-refractivity contribution in [3.05, 3.63) is 46.4 Å². The molecular formula is C13H17N3O2S2. The average molecular weight is 311 g/mol. The summed E-state index contributed by atoms with van der Waals surface area (Å²) in [4.78, 5) is 4.36. The van der Waals surface area contributed by atoms with Gasteiger partial charge in [0.15, 0.2) is 0 Å². The fraction of sp³-hybridized carbons (Fsp3) is 0.308. The molecule has 0 amide bonds. The summed E-state index contributed by atoms with van der Waals surface area (Å²) in [6.45, 7) is 2.08. The second-order valence-electron chi connectivity index (χ2n) is 4.60. The van der Waals surface area contributed by atoms with E-state index in [0.29, 0.717) is 0 Å². The number of hydrogen-bond acceptors (Lipinski definition) is 5. The summed E-state index contributed by atoms with van der Waals surface area (Å²) in [6.07, 6.45) is 0. The number of nitrogens with zero attached hydrogens (tertiary/aromatic N) is 2. The van der Waals surface area contributed by atoms with Crippen molar-refractivity contribution < 1.29 is 8.42 Å². The van der Waals surface area contributed by atoms with Gasteiger partial charge < -0.3 is 5.73 Å². The van der Waals surface area contributed by atoms with Crippen LogP contribution in [0.3, 0.4) is 0 Å². The van der Waals surface area contributed by atoms with Gasteiger partial charge in [-0.2, -0.15) is 4.31 Å². The molecule has 1 unspecified atom stereocenters. The van der Waals surface area contributed by atoms with Crippen LogP contribution in [0.1, 0.15) is 24.2 Å². The molecular weight excluding hydrogens is 294 g/mol. The molecule has 1 aromatic carbocycles. The van der Waals surface area contributed by atoms with Gasteiger partial charge in [0.2, 0.25) is 10.0 Å². The quantitative estimate of drug-likeness (QED) is 0.916. The Hall–Kier alpha value is -1.28. The third kappa shape index (κ3) is 3.24. The van der Waals surface area contributed by atoms with Gasteiger partial charge in [0.1, 0.15) is 0 Å². The molecule has 2 rings (SSSR count). The molecule has 20 heavy (non-hydrogen) atoms. The molecule has 1 aromatic heterocycles. The Morgan fingerprint density at radius 1 is 1.45 bits per heavy atom. The largest absolute Gasteiger partial charge is 0.324 e. The van der Waals surface area contributed by atoms with Crippen molar-refractivity contribution >= 4 is 21.4 Å². The molecule has 7 heteroatoms. The lowest BCUT2D eigenvalue weighted by atomic mass is 10.1. The van der Waals surface area contributed by atoms with Crippen LogP contribution in [0.15, 0.2) is 40.1 Å². The number of aromatic nitrogens is 1. The summed E-state index contributed by atoms with van der Waals surface area (Å²) in [5, 5.41) is 1.84. The summed E-state index contributed by atoms with van der Waals surface area (Å²) in [5.41, 5.74) is 9.02. The molecule has 108 valence electrons. The van der Waals surface area contributed by atoms with Crippen LogP contribution in [-0.4, -0.2) is 24.8 Å². The van der Waals surface area contributed by atoms with Crippen LogP contribution in [0.25, 0.3) is 0 Å². The second kappa shape index (κ2) is 6.01. The first-order valence-electron chi connectivity index (χ1n) is 6.10. The highest BCUT2D eigenvalue weighted by atomic mass is 32.2. The SMILES string of the molecule is CC(N)c1cccc(S(=O)(=O)N(C)Cc2cscn2)c1. The van der Waals surface area contributed by atoms with Crippen LogP contribution < -0.4 is 5.73 Å². The van der Waals surface area contributed by atoms with E-state index in [1.165, 1.54) is 15.6 Å². The minimum Gasteiger partial charge on any atom is -0.324 e. The number of benzene rings is 1. The van der Waals surface area contributed by atoms with Crippen molar-refractivity contribution in [2.75, 3.05) is 7.05 Å². The Morgan fingerprint density at radius 3 is 2.80 bits per heavy atom. The summed E-state index contributed by atoms with van der Waals surface area (Å²) in [6, 6.07) is 6.54.